The van der Waals surface area contributed by atoms with Gasteiger partial charge in [-0.3, -0.25) is 4.79 Å². The number of nitrogens with one attached hydrogen (secondary N) is 1. The second-order valence-electron chi connectivity index (χ2n) is 4.51. The van der Waals surface area contributed by atoms with E-state index in [0.717, 1.165) is 15.7 Å². The van der Waals surface area contributed by atoms with E-state index < -0.39 is 0 Å². The Kier molecular flexibility index (Phi) is 3.36. The van der Waals surface area contributed by atoms with Crippen molar-refractivity contribution in [3.8, 4) is 11.5 Å². The minimum Gasteiger partial charge on any atom is -0.454 e. The Bertz CT molecular complexity index is 685. The van der Waals surface area contributed by atoms with Crippen LogP contribution in [0.25, 0.3) is 0 Å². The first kappa shape index (κ1) is 13.0. The van der Waals surface area contributed by atoms with Crippen molar-refractivity contribution in [1.29, 1.82) is 0 Å². The van der Waals surface area contributed by atoms with Gasteiger partial charge in [-0.2, -0.15) is 0 Å². The molecule has 0 saturated carbocycles. The summed E-state index contributed by atoms with van der Waals surface area (Å²) >= 11 is 3.44. The van der Waals surface area contributed by atoms with Crippen LogP contribution in [0.15, 0.2) is 40.9 Å². The Morgan fingerprint density at radius 3 is 2.75 bits per heavy atom. The van der Waals surface area contributed by atoms with E-state index in [1.807, 2.05) is 25.1 Å². The second kappa shape index (κ2) is 5.17. The monoisotopic (exact) mass is 333 g/mol. The summed E-state index contributed by atoms with van der Waals surface area (Å²) in [5.41, 5.74) is 2.39. The van der Waals surface area contributed by atoms with E-state index in [1.165, 1.54) is 0 Å². The van der Waals surface area contributed by atoms with Crippen molar-refractivity contribution in [2.24, 2.45) is 0 Å². The molecule has 1 aliphatic rings. The third-order valence-corrected chi connectivity index (χ3v) is 3.66. The van der Waals surface area contributed by atoms with Gasteiger partial charge in [-0.15, -0.1) is 0 Å². The molecule has 2 aromatic rings. The Morgan fingerprint density at radius 2 is 1.95 bits per heavy atom. The number of ether oxygens (including phenoxy) is 2. The maximum atomic E-state index is 12.2. The fraction of sp³-hybridized carbons (Fsp3) is 0.133. The summed E-state index contributed by atoms with van der Waals surface area (Å²) in [7, 11) is 0. The van der Waals surface area contributed by atoms with Crippen LogP contribution in [0.5, 0.6) is 11.5 Å². The number of aryl methyl sites for hydroxylation is 1. The fourth-order valence-electron chi connectivity index (χ4n) is 1.95. The highest BCUT2D eigenvalue weighted by Crippen LogP contribution is 2.33. The maximum absolute atomic E-state index is 12.2. The minimum absolute atomic E-state index is 0.187. The van der Waals surface area contributed by atoms with Crippen LogP contribution in [-0.4, -0.2) is 12.7 Å². The lowest BCUT2D eigenvalue weighted by Gasteiger charge is -2.08. The Hall–Kier alpha value is -2.01. The molecule has 1 heterocycles. The molecule has 3 rings (SSSR count). The van der Waals surface area contributed by atoms with Crippen molar-refractivity contribution in [2.75, 3.05) is 12.1 Å². The molecule has 0 aromatic heterocycles. The third kappa shape index (κ3) is 2.49. The molecular weight excluding hydrogens is 322 g/mol. The smallest absolute Gasteiger partial charge is 0.255 e. The van der Waals surface area contributed by atoms with Gasteiger partial charge >= 0.3 is 0 Å². The minimum atomic E-state index is -0.187. The molecule has 0 radical (unpaired) electrons. The van der Waals surface area contributed by atoms with Gasteiger partial charge in [0.05, 0.1) is 5.69 Å². The highest BCUT2D eigenvalue weighted by Gasteiger charge is 2.16. The number of hydrogen-bond donors (Lipinski definition) is 1. The van der Waals surface area contributed by atoms with Gasteiger partial charge < -0.3 is 14.8 Å². The SMILES string of the molecule is Cc1ccc(NC(=O)c2ccc3c(c2)OCO3)c(Br)c1. The number of halogens is 1. The molecule has 0 spiro atoms. The molecule has 4 nitrogen and oxygen atoms in total. The summed E-state index contributed by atoms with van der Waals surface area (Å²) in [6.45, 7) is 2.19. The number of amides is 1. The van der Waals surface area contributed by atoms with Gasteiger partial charge in [0.2, 0.25) is 6.79 Å². The van der Waals surface area contributed by atoms with E-state index in [1.54, 1.807) is 18.2 Å². The van der Waals surface area contributed by atoms with Gasteiger partial charge in [-0.1, -0.05) is 6.07 Å². The lowest BCUT2D eigenvalue weighted by Crippen LogP contribution is -2.12. The predicted molar refractivity (Wildman–Crippen MR) is 79.4 cm³/mol. The largest absolute Gasteiger partial charge is 0.454 e. The van der Waals surface area contributed by atoms with E-state index in [4.69, 9.17) is 9.47 Å². The number of anilines is 1. The van der Waals surface area contributed by atoms with Crippen LogP contribution in [0.1, 0.15) is 15.9 Å². The highest BCUT2D eigenvalue weighted by atomic mass is 79.9. The quantitative estimate of drug-likeness (QED) is 0.910. The van der Waals surface area contributed by atoms with Crippen molar-refractivity contribution >= 4 is 27.5 Å². The molecule has 0 aliphatic carbocycles. The van der Waals surface area contributed by atoms with Crippen LogP contribution >= 0.6 is 15.9 Å². The van der Waals surface area contributed by atoms with Gasteiger partial charge in [-0.25, -0.2) is 0 Å². The zero-order valence-electron chi connectivity index (χ0n) is 10.8. The van der Waals surface area contributed by atoms with Crippen LogP contribution < -0.4 is 14.8 Å². The summed E-state index contributed by atoms with van der Waals surface area (Å²) in [6.07, 6.45) is 0. The first-order valence-corrected chi connectivity index (χ1v) is 6.90. The third-order valence-electron chi connectivity index (χ3n) is 3.01. The average Bonchev–Trinajstić information content (AvgIpc) is 2.89. The molecule has 20 heavy (non-hydrogen) atoms. The molecule has 1 amide bonds. The lowest BCUT2D eigenvalue weighted by atomic mass is 10.1. The summed E-state index contributed by atoms with van der Waals surface area (Å²) in [4.78, 5) is 12.2. The standard InChI is InChI=1S/C15H12BrNO3/c1-9-2-4-12(11(16)6-9)17-15(18)10-3-5-13-14(7-10)20-8-19-13/h2-7H,8H2,1H3,(H,17,18). The molecule has 0 unspecified atom stereocenters. The van der Waals surface area contributed by atoms with Crippen molar-refractivity contribution < 1.29 is 14.3 Å². The van der Waals surface area contributed by atoms with Crippen LogP contribution in [0, 0.1) is 6.92 Å². The van der Waals surface area contributed by atoms with Crippen LogP contribution in [0.3, 0.4) is 0 Å². The molecule has 102 valence electrons. The lowest BCUT2D eigenvalue weighted by molar-refractivity contribution is 0.102. The fourth-order valence-corrected chi connectivity index (χ4v) is 2.55. The average molecular weight is 334 g/mol. The molecule has 5 heteroatoms. The van der Waals surface area contributed by atoms with E-state index in [2.05, 4.69) is 21.2 Å². The Morgan fingerprint density at radius 1 is 1.15 bits per heavy atom. The first-order valence-electron chi connectivity index (χ1n) is 6.10. The highest BCUT2D eigenvalue weighted by molar-refractivity contribution is 9.10. The van der Waals surface area contributed by atoms with E-state index in [0.29, 0.717) is 17.1 Å². The molecule has 1 aliphatic heterocycles. The zero-order chi connectivity index (χ0) is 14.1. The number of carbonyl (C=O) groups excluding carboxylic acids is 1. The number of rotatable bonds is 2. The molecule has 2 aromatic carbocycles. The number of fused-ring (bicyclic) bond motifs is 1. The zero-order valence-corrected chi connectivity index (χ0v) is 12.4. The predicted octanol–water partition coefficient (Wildman–Crippen LogP) is 3.74. The van der Waals surface area contributed by atoms with Gasteiger partial charge in [0.15, 0.2) is 11.5 Å². The van der Waals surface area contributed by atoms with E-state index in [-0.39, 0.29) is 12.7 Å². The topological polar surface area (TPSA) is 47.6 Å². The van der Waals surface area contributed by atoms with Gasteiger partial charge in [0.1, 0.15) is 0 Å². The Labute approximate surface area is 124 Å². The molecule has 0 fully saturated rings. The van der Waals surface area contributed by atoms with Crippen LogP contribution in [-0.2, 0) is 0 Å². The molecule has 0 atom stereocenters. The summed E-state index contributed by atoms with van der Waals surface area (Å²) in [5.74, 6) is 1.08. The first-order chi connectivity index (χ1) is 9.63. The molecule has 0 bridgehead atoms. The maximum Gasteiger partial charge on any atom is 0.255 e. The molecular formula is C15H12BrNO3. The summed E-state index contributed by atoms with van der Waals surface area (Å²) < 4.78 is 11.3. The van der Waals surface area contributed by atoms with Crippen LogP contribution in [0.2, 0.25) is 0 Å². The van der Waals surface area contributed by atoms with Gasteiger partial charge in [0, 0.05) is 10.0 Å². The number of hydrogen-bond acceptors (Lipinski definition) is 3. The second-order valence-corrected chi connectivity index (χ2v) is 5.36. The summed E-state index contributed by atoms with van der Waals surface area (Å²) in [5, 5.41) is 2.86. The summed E-state index contributed by atoms with van der Waals surface area (Å²) in [6, 6.07) is 10.9. The van der Waals surface area contributed by atoms with Crippen molar-refractivity contribution in [3.05, 3.63) is 52.0 Å². The molecule has 0 saturated heterocycles. The number of benzene rings is 2. The van der Waals surface area contributed by atoms with Crippen molar-refractivity contribution in [2.45, 2.75) is 6.92 Å². The van der Waals surface area contributed by atoms with Gasteiger partial charge in [-0.05, 0) is 58.7 Å². The van der Waals surface area contributed by atoms with Crippen LogP contribution in [0.4, 0.5) is 5.69 Å². The van der Waals surface area contributed by atoms with Crippen molar-refractivity contribution in [3.63, 3.8) is 0 Å². The molecule has 1 N–H and O–H groups in total. The number of carbonyl (C=O) groups is 1. The Balaban J connectivity index is 1.82. The van der Waals surface area contributed by atoms with E-state index >= 15 is 0 Å². The normalized spacial score (nSPS) is 12.3. The van der Waals surface area contributed by atoms with Crippen molar-refractivity contribution in [1.82, 2.24) is 0 Å². The van der Waals surface area contributed by atoms with Gasteiger partial charge in [0.25, 0.3) is 5.91 Å². The van der Waals surface area contributed by atoms with E-state index in [9.17, 15) is 4.79 Å².